The minimum atomic E-state index is -1.41. The number of aromatic carboxylic acids is 1. The number of hydrogen-bond acceptors (Lipinski definition) is 3. The summed E-state index contributed by atoms with van der Waals surface area (Å²) in [5.41, 5.74) is 1.41. The smallest absolute Gasteiger partial charge is 0.336 e. The van der Waals surface area contributed by atoms with Crippen molar-refractivity contribution in [2.75, 3.05) is 0 Å². The molecule has 0 radical (unpaired) electrons. The SMILES string of the molecule is Cc1nn(C)c(CS(=O)c2ccc(Br)c(C(=O)O)c2)c1Cl. The number of carboxylic acids is 1. The molecule has 1 aromatic carbocycles. The van der Waals surface area contributed by atoms with E-state index in [0.29, 0.717) is 25.8 Å². The van der Waals surface area contributed by atoms with E-state index in [4.69, 9.17) is 16.7 Å². The van der Waals surface area contributed by atoms with E-state index in [1.54, 1.807) is 30.8 Å². The predicted octanol–water partition coefficient (Wildman–Crippen LogP) is 3.15. The zero-order valence-corrected chi connectivity index (χ0v) is 14.4. The number of benzene rings is 1. The standard InChI is InChI=1S/C13H12BrClN2O3S/c1-7-12(15)11(17(2)16-7)6-21(20)8-3-4-10(14)9(5-8)13(18)19/h3-5H,6H2,1-2H3,(H,18,19). The number of halogens is 2. The molecular formula is C13H12BrClN2O3S. The van der Waals surface area contributed by atoms with Crippen LogP contribution in [-0.4, -0.2) is 25.1 Å². The molecule has 1 atom stereocenters. The number of hydrogen-bond donors (Lipinski definition) is 1. The van der Waals surface area contributed by atoms with Gasteiger partial charge in [0.25, 0.3) is 0 Å². The summed E-state index contributed by atoms with van der Waals surface area (Å²) < 4.78 is 14.5. The Balaban J connectivity index is 2.33. The van der Waals surface area contributed by atoms with Crippen molar-refractivity contribution < 1.29 is 14.1 Å². The Labute approximate surface area is 137 Å². The molecule has 0 fully saturated rings. The highest BCUT2D eigenvalue weighted by Crippen LogP contribution is 2.25. The summed E-state index contributed by atoms with van der Waals surface area (Å²) in [6.07, 6.45) is 0. The fourth-order valence-corrected chi connectivity index (χ4v) is 3.79. The highest BCUT2D eigenvalue weighted by molar-refractivity contribution is 9.10. The van der Waals surface area contributed by atoms with Crippen LogP contribution in [0.15, 0.2) is 27.6 Å². The Morgan fingerprint density at radius 3 is 2.71 bits per heavy atom. The van der Waals surface area contributed by atoms with Crippen molar-refractivity contribution in [3.05, 3.63) is 44.6 Å². The topological polar surface area (TPSA) is 72.2 Å². The van der Waals surface area contributed by atoms with Crippen LogP contribution in [0.25, 0.3) is 0 Å². The zero-order chi connectivity index (χ0) is 15.7. The lowest BCUT2D eigenvalue weighted by Gasteiger charge is -2.06. The molecule has 0 aliphatic carbocycles. The van der Waals surface area contributed by atoms with Gasteiger partial charge in [-0.25, -0.2) is 4.79 Å². The maximum atomic E-state index is 12.4. The first-order valence-electron chi connectivity index (χ1n) is 5.90. The summed E-state index contributed by atoms with van der Waals surface area (Å²) in [5.74, 6) is -0.897. The van der Waals surface area contributed by atoms with E-state index in [1.165, 1.54) is 6.07 Å². The Kier molecular flexibility index (Phi) is 4.85. The first kappa shape index (κ1) is 16.2. The van der Waals surface area contributed by atoms with Gasteiger partial charge in [-0.2, -0.15) is 5.10 Å². The van der Waals surface area contributed by atoms with Crippen LogP contribution in [0.1, 0.15) is 21.7 Å². The van der Waals surface area contributed by atoms with Crippen molar-refractivity contribution in [3.63, 3.8) is 0 Å². The lowest BCUT2D eigenvalue weighted by Crippen LogP contribution is -2.05. The molecule has 1 aromatic heterocycles. The van der Waals surface area contributed by atoms with Gasteiger partial charge in [0.2, 0.25) is 0 Å². The first-order valence-corrected chi connectivity index (χ1v) is 8.39. The second-order valence-electron chi connectivity index (χ2n) is 4.41. The molecule has 8 heteroatoms. The van der Waals surface area contributed by atoms with Gasteiger partial charge in [0, 0.05) is 16.4 Å². The molecule has 1 N–H and O–H groups in total. The van der Waals surface area contributed by atoms with Crippen LogP contribution in [0.2, 0.25) is 5.02 Å². The number of nitrogens with zero attached hydrogens (tertiary/aromatic N) is 2. The van der Waals surface area contributed by atoms with Crippen molar-refractivity contribution >= 4 is 44.3 Å². The Morgan fingerprint density at radius 2 is 2.19 bits per heavy atom. The largest absolute Gasteiger partial charge is 0.478 e. The lowest BCUT2D eigenvalue weighted by atomic mass is 10.2. The summed E-state index contributed by atoms with van der Waals surface area (Å²) in [5, 5.41) is 13.7. The van der Waals surface area contributed by atoms with Crippen molar-refractivity contribution in [1.82, 2.24) is 9.78 Å². The molecule has 0 spiro atoms. The molecule has 2 rings (SSSR count). The van der Waals surface area contributed by atoms with Gasteiger partial charge in [-0.1, -0.05) is 11.6 Å². The first-order chi connectivity index (χ1) is 9.81. The fraction of sp³-hybridized carbons (Fsp3) is 0.231. The molecule has 0 aliphatic heterocycles. The number of carbonyl (C=O) groups is 1. The van der Waals surface area contributed by atoms with Crippen LogP contribution in [0.3, 0.4) is 0 Å². The molecule has 0 saturated carbocycles. The molecule has 0 amide bonds. The second kappa shape index (κ2) is 6.29. The lowest BCUT2D eigenvalue weighted by molar-refractivity contribution is 0.0695. The van der Waals surface area contributed by atoms with E-state index in [1.807, 2.05) is 0 Å². The molecule has 1 unspecified atom stereocenters. The number of aromatic nitrogens is 2. The van der Waals surface area contributed by atoms with Crippen molar-refractivity contribution in [2.45, 2.75) is 17.6 Å². The summed E-state index contributed by atoms with van der Waals surface area (Å²) in [4.78, 5) is 11.5. The second-order valence-corrected chi connectivity index (χ2v) is 7.09. The van der Waals surface area contributed by atoms with E-state index >= 15 is 0 Å². The molecule has 112 valence electrons. The van der Waals surface area contributed by atoms with E-state index in [-0.39, 0.29) is 11.3 Å². The summed E-state index contributed by atoms with van der Waals surface area (Å²) in [6, 6.07) is 4.61. The minimum Gasteiger partial charge on any atom is -0.478 e. The van der Waals surface area contributed by atoms with Crippen LogP contribution in [0, 0.1) is 6.92 Å². The Bertz CT molecular complexity index is 745. The van der Waals surface area contributed by atoms with E-state index in [2.05, 4.69) is 21.0 Å². The van der Waals surface area contributed by atoms with Crippen LogP contribution in [0.4, 0.5) is 0 Å². The molecule has 0 bridgehead atoms. The van der Waals surface area contributed by atoms with Gasteiger partial charge >= 0.3 is 5.97 Å². The third-order valence-electron chi connectivity index (χ3n) is 2.96. The van der Waals surface area contributed by atoms with Gasteiger partial charge in [0.1, 0.15) is 0 Å². The van der Waals surface area contributed by atoms with Crippen molar-refractivity contribution in [3.8, 4) is 0 Å². The molecule has 5 nitrogen and oxygen atoms in total. The summed E-state index contributed by atoms with van der Waals surface area (Å²) in [7, 11) is 0.326. The summed E-state index contributed by atoms with van der Waals surface area (Å²) >= 11 is 9.29. The van der Waals surface area contributed by atoms with Gasteiger partial charge in [0.05, 0.1) is 38.5 Å². The normalized spacial score (nSPS) is 12.4. The predicted molar refractivity (Wildman–Crippen MR) is 84.2 cm³/mol. The van der Waals surface area contributed by atoms with Gasteiger partial charge < -0.3 is 5.11 Å². The maximum absolute atomic E-state index is 12.4. The molecule has 21 heavy (non-hydrogen) atoms. The molecule has 0 saturated heterocycles. The monoisotopic (exact) mass is 390 g/mol. The average molecular weight is 392 g/mol. The van der Waals surface area contributed by atoms with Gasteiger partial charge in [0.15, 0.2) is 0 Å². The fourth-order valence-electron chi connectivity index (χ4n) is 1.85. The van der Waals surface area contributed by atoms with Gasteiger partial charge in [-0.3, -0.25) is 8.89 Å². The van der Waals surface area contributed by atoms with Gasteiger partial charge in [-0.05, 0) is 41.1 Å². The Hall–Kier alpha value is -1.18. The third kappa shape index (κ3) is 3.36. The van der Waals surface area contributed by atoms with Gasteiger partial charge in [-0.15, -0.1) is 0 Å². The Morgan fingerprint density at radius 1 is 1.52 bits per heavy atom. The number of carboxylic acid groups (broad SMARTS) is 1. The van der Waals surface area contributed by atoms with E-state index < -0.39 is 16.8 Å². The quantitative estimate of drug-likeness (QED) is 0.869. The molecular weight excluding hydrogens is 380 g/mol. The van der Waals surface area contributed by atoms with Crippen LogP contribution in [0.5, 0.6) is 0 Å². The molecule has 2 aromatic rings. The van der Waals surface area contributed by atoms with Crippen molar-refractivity contribution in [2.24, 2.45) is 7.05 Å². The summed E-state index contributed by atoms with van der Waals surface area (Å²) in [6.45, 7) is 1.77. The average Bonchev–Trinajstić information content (AvgIpc) is 2.65. The molecule has 0 aliphatic rings. The number of aryl methyl sites for hydroxylation is 2. The van der Waals surface area contributed by atoms with Crippen LogP contribution in [-0.2, 0) is 23.6 Å². The van der Waals surface area contributed by atoms with Crippen LogP contribution < -0.4 is 0 Å². The van der Waals surface area contributed by atoms with Crippen LogP contribution >= 0.6 is 27.5 Å². The number of rotatable bonds is 4. The minimum absolute atomic E-state index is 0.0770. The highest BCUT2D eigenvalue weighted by atomic mass is 79.9. The van der Waals surface area contributed by atoms with E-state index in [0.717, 1.165) is 0 Å². The van der Waals surface area contributed by atoms with Crippen molar-refractivity contribution in [1.29, 1.82) is 0 Å². The zero-order valence-electron chi connectivity index (χ0n) is 11.3. The third-order valence-corrected chi connectivity index (χ3v) is 5.46. The highest BCUT2D eigenvalue weighted by Gasteiger charge is 2.17. The maximum Gasteiger partial charge on any atom is 0.336 e. The molecule has 1 heterocycles. The van der Waals surface area contributed by atoms with E-state index in [9.17, 15) is 9.00 Å².